The zero-order valence-electron chi connectivity index (χ0n) is 17.3. The van der Waals surface area contributed by atoms with Crippen molar-refractivity contribution in [3.8, 4) is 5.75 Å². The summed E-state index contributed by atoms with van der Waals surface area (Å²) in [7, 11) is 1.66. The molecular formula is C26H29NO2. The fraction of sp³-hybridized carbons (Fsp3) is 0.269. The first kappa shape index (κ1) is 20.7. The van der Waals surface area contributed by atoms with Crippen LogP contribution in [0.2, 0.25) is 0 Å². The van der Waals surface area contributed by atoms with Gasteiger partial charge in [0.2, 0.25) is 5.91 Å². The van der Waals surface area contributed by atoms with E-state index in [1.165, 1.54) is 0 Å². The van der Waals surface area contributed by atoms with Crippen molar-refractivity contribution >= 4 is 5.91 Å². The second kappa shape index (κ2) is 10.5. The van der Waals surface area contributed by atoms with Gasteiger partial charge in [0.25, 0.3) is 0 Å². The summed E-state index contributed by atoms with van der Waals surface area (Å²) in [6.45, 7) is 3.33. The zero-order valence-corrected chi connectivity index (χ0v) is 17.3. The number of carbonyl (C=O) groups is 1. The van der Waals surface area contributed by atoms with E-state index in [0.717, 1.165) is 35.3 Å². The molecule has 0 spiro atoms. The third-order valence-electron chi connectivity index (χ3n) is 5.14. The van der Waals surface area contributed by atoms with Gasteiger partial charge in [-0.1, -0.05) is 86.1 Å². The Morgan fingerprint density at radius 3 is 1.79 bits per heavy atom. The van der Waals surface area contributed by atoms with Gasteiger partial charge < -0.3 is 9.64 Å². The summed E-state index contributed by atoms with van der Waals surface area (Å²) in [6, 6.07) is 28.3. The van der Waals surface area contributed by atoms with E-state index < -0.39 is 0 Å². The Hall–Kier alpha value is -3.07. The van der Waals surface area contributed by atoms with Gasteiger partial charge in [0.1, 0.15) is 5.75 Å². The zero-order chi connectivity index (χ0) is 20.5. The molecule has 0 aliphatic carbocycles. The number of hydrogen-bond donors (Lipinski definition) is 0. The highest BCUT2D eigenvalue weighted by Crippen LogP contribution is 2.27. The SMILES string of the molecule is CCCC(C(=O)N(Cc1ccccc1)Cc1ccccc1)c1ccc(OC)cc1. The van der Waals surface area contributed by atoms with Crippen LogP contribution >= 0.6 is 0 Å². The molecule has 1 atom stereocenters. The summed E-state index contributed by atoms with van der Waals surface area (Å²) in [5, 5.41) is 0. The Morgan fingerprint density at radius 1 is 0.828 bits per heavy atom. The van der Waals surface area contributed by atoms with Crippen molar-refractivity contribution in [2.24, 2.45) is 0 Å². The standard InChI is InChI=1S/C26H29NO2/c1-3-10-25(23-15-17-24(29-2)18-16-23)26(28)27(19-21-11-6-4-7-12-21)20-22-13-8-5-9-14-22/h4-9,11-18,25H,3,10,19-20H2,1-2H3. The summed E-state index contributed by atoms with van der Waals surface area (Å²) >= 11 is 0. The first-order valence-electron chi connectivity index (χ1n) is 10.2. The maximum absolute atomic E-state index is 13.7. The van der Waals surface area contributed by atoms with Gasteiger partial charge in [-0.25, -0.2) is 0 Å². The molecule has 0 bridgehead atoms. The summed E-state index contributed by atoms with van der Waals surface area (Å²) in [6.07, 6.45) is 1.78. The molecule has 0 aliphatic rings. The number of hydrogen-bond acceptors (Lipinski definition) is 2. The molecular weight excluding hydrogens is 358 g/mol. The van der Waals surface area contributed by atoms with Gasteiger partial charge in [-0.05, 0) is 35.2 Å². The van der Waals surface area contributed by atoms with Crippen LogP contribution in [0.3, 0.4) is 0 Å². The van der Waals surface area contributed by atoms with Gasteiger partial charge in [0.05, 0.1) is 13.0 Å². The van der Waals surface area contributed by atoms with Crippen LogP contribution in [0.1, 0.15) is 42.4 Å². The van der Waals surface area contributed by atoms with Gasteiger partial charge in [-0.15, -0.1) is 0 Å². The summed E-state index contributed by atoms with van der Waals surface area (Å²) < 4.78 is 5.28. The Labute approximate surface area is 174 Å². The average molecular weight is 388 g/mol. The van der Waals surface area contributed by atoms with Crippen LogP contribution in [0.15, 0.2) is 84.9 Å². The van der Waals surface area contributed by atoms with Crippen LogP contribution < -0.4 is 4.74 Å². The smallest absolute Gasteiger partial charge is 0.230 e. The maximum Gasteiger partial charge on any atom is 0.230 e. The van der Waals surface area contributed by atoms with Crippen LogP contribution in [0.4, 0.5) is 0 Å². The van der Waals surface area contributed by atoms with Crippen LogP contribution in [-0.4, -0.2) is 17.9 Å². The number of amides is 1. The number of carbonyl (C=O) groups excluding carboxylic acids is 1. The Balaban J connectivity index is 1.88. The molecule has 1 unspecified atom stereocenters. The van der Waals surface area contributed by atoms with Crippen molar-refractivity contribution in [3.63, 3.8) is 0 Å². The number of benzene rings is 3. The molecule has 0 saturated carbocycles. The van der Waals surface area contributed by atoms with Crippen LogP contribution in [0.25, 0.3) is 0 Å². The molecule has 0 heterocycles. The minimum Gasteiger partial charge on any atom is -0.497 e. The normalized spacial score (nSPS) is 11.7. The van der Waals surface area contributed by atoms with Crippen molar-refractivity contribution in [1.29, 1.82) is 0 Å². The highest BCUT2D eigenvalue weighted by atomic mass is 16.5. The molecule has 0 N–H and O–H groups in total. The maximum atomic E-state index is 13.7. The summed E-state index contributed by atoms with van der Waals surface area (Å²) in [4.78, 5) is 15.7. The second-order valence-corrected chi connectivity index (χ2v) is 7.28. The van der Waals surface area contributed by atoms with Gasteiger partial charge in [0, 0.05) is 13.1 Å². The number of nitrogens with zero attached hydrogens (tertiary/aromatic N) is 1. The number of rotatable bonds is 9. The average Bonchev–Trinajstić information content (AvgIpc) is 2.78. The first-order valence-corrected chi connectivity index (χ1v) is 10.2. The Morgan fingerprint density at radius 2 is 1.34 bits per heavy atom. The molecule has 0 radical (unpaired) electrons. The number of methoxy groups -OCH3 is 1. The molecule has 0 aliphatic heterocycles. The third kappa shape index (κ3) is 5.71. The second-order valence-electron chi connectivity index (χ2n) is 7.28. The molecule has 0 aromatic heterocycles. The molecule has 3 nitrogen and oxygen atoms in total. The molecule has 0 saturated heterocycles. The van der Waals surface area contributed by atoms with E-state index in [1.807, 2.05) is 65.6 Å². The molecule has 3 heteroatoms. The van der Waals surface area contributed by atoms with Gasteiger partial charge >= 0.3 is 0 Å². The molecule has 29 heavy (non-hydrogen) atoms. The molecule has 0 fully saturated rings. The Kier molecular flexibility index (Phi) is 7.46. The molecule has 150 valence electrons. The van der Waals surface area contributed by atoms with Crippen molar-refractivity contribution in [2.45, 2.75) is 38.8 Å². The van der Waals surface area contributed by atoms with Crippen LogP contribution in [0.5, 0.6) is 5.75 Å². The van der Waals surface area contributed by atoms with Crippen LogP contribution in [-0.2, 0) is 17.9 Å². The van der Waals surface area contributed by atoms with E-state index in [4.69, 9.17) is 4.74 Å². The fourth-order valence-electron chi connectivity index (χ4n) is 3.60. The van der Waals surface area contributed by atoms with E-state index in [1.54, 1.807) is 7.11 Å². The van der Waals surface area contributed by atoms with Crippen molar-refractivity contribution < 1.29 is 9.53 Å². The minimum absolute atomic E-state index is 0.154. The fourth-order valence-corrected chi connectivity index (χ4v) is 3.60. The van der Waals surface area contributed by atoms with Crippen molar-refractivity contribution in [1.82, 2.24) is 4.90 Å². The third-order valence-corrected chi connectivity index (χ3v) is 5.14. The lowest BCUT2D eigenvalue weighted by atomic mass is 9.92. The lowest BCUT2D eigenvalue weighted by Crippen LogP contribution is -2.34. The molecule has 1 amide bonds. The van der Waals surface area contributed by atoms with E-state index >= 15 is 0 Å². The first-order chi connectivity index (χ1) is 14.2. The summed E-state index contributed by atoms with van der Waals surface area (Å²) in [5.41, 5.74) is 3.33. The van der Waals surface area contributed by atoms with E-state index in [-0.39, 0.29) is 11.8 Å². The van der Waals surface area contributed by atoms with Gasteiger partial charge in [0.15, 0.2) is 0 Å². The quantitative estimate of drug-likeness (QED) is 0.464. The number of ether oxygens (including phenoxy) is 1. The predicted octanol–water partition coefficient (Wildman–Crippen LogP) is 5.81. The highest BCUT2D eigenvalue weighted by molar-refractivity contribution is 5.83. The topological polar surface area (TPSA) is 29.5 Å². The lowest BCUT2D eigenvalue weighted by molar-refractivity contribution is -0.134. The molecule has 3 rings (SSSR count). The van der Waals surface area contributed by atoms with Gasteiger partial charge in [-0.3, -0.25) is 4.79 Å². The van der Waals surface area contributed by atoms with E-state index in [0.29, 0.717) is 13.1 Å². The van der Waals surface area contributed by atoms with E-state index in [2.05, 4.69) is 31.2 Å². The molecule has 3 aromatic rings. The Bertz CT molecular complexity index is 834. The predicted molar refractivity (Wildman–Crippen MR) is 118 cm³/mol. The van der Waals surface area contributed by atoms with Crippen molar-refractivity contribution in [3.05, 3.63) is 102 Å². The highest BCUT2D eigenvalue weighted by Gasteiger charge is 2.25. The summed E-state index contributed by atoms with van der Waals surface area (Å²) in [5.74, 6) is 0.824. The van der Waals surface area contributed by atoms with Crippen LogP contribution in [0, 0.1) is 0 Å². The lowest BCUT2D eigenvalue weighted by Gasteiger charge is -2.28. The van der Waals surface area contributed by atoms with E-state index in [9.17, 15) is 4.79 Å². The van der Waals surface area contributed by atoms with Gasteiger partial charge in [-0.2, -0.15) is 0 Å². The van der Waals surface area contributed by atoms with Crippen molar-refractivity contribution in [2.75, 3.05) is 7.11 Å². The minimum atomic E-state index is -0.154. The molecule has 3 aromatic carbocycles. The largest absolute Gasteiger partial charge is 0.497 e. The monoisotopic (exact) mass is 387 g/mol.